The summed E-state index contributed by atoms with van der Waals surface area (Å²) in [7, 11) is 0. The second kappa shape index (κ2) is 5.50. The van der Waals surface area contributed by atoms with Crippen LogP contribution in [0, 0.1) is 6.92 Å². The minimum absolute atomic E-state index is 0.276. The molecule has 2 aromatic carbocycles. The number of carboxylic acids is 1. The molecule has 0 fully saturated rings. The molecule has 0 atom stereocenters. The van der Waals surface area contributed by atoms with Crippen LogP contribution < -0.4 is 0 Å². The number of rotatable bonds is 3. The molecule has 0 amide bonds. The van der Waals surface area contributed by atoms with Crippen molar-refractivity contribution in [2.75, 3.05) is 0 Å². The zero-order valence-electron chi connectivity index (χ0n) is 11.4. The lowest BCUT2D eigenvalue weighted by molar-refractivity contribution is 0.0702. The average molecular weight is 295 g/mol. The molecule has 0 aliphatic carbocycles. The molecule has 0 bridgehead atoms. The van der Waals surface area contributed by atoms with Crippen molar-refractivity contribution in [1.82, 2.24) is 4.98 Å². The highest BCUT2D eigenvalue weighted by Crippen LogP contribution is 2.34. The average Bonchev–Trinajstić information content (AvgIpc) is 2.93. The Bertz CT molecular complexity index is 794. The maximum Gasteiger partial charge on any atom is 0.348 e. The van der Waals surface area contributed by atoms with E-state index in [0.29, 0.717) is 5.69 Å². The van der Waals surface area contributed by atoms with Crippen molar-refractivity contribution in [2.45, 2.75) is 6.92 Å². The molecular weight excluding hydrogens is 282 g/mol. The summed E-state index contributed by atoms with van der Waals surface area (Å²) in [6, 6.07) is 17.3. The number of thiazole rings is 1. The van der Waals surface area contributed by atoms with E-state index < -0.39 is 5.97 Å². The van der Waals surface area contributed by atoms with Gasteiger partial charge in [0.05, 0.1) is 5.69 Å². The van der Waals surface area contributed by atoms with E-state index in [1.807, 2.05) is 61.5 Å². The minimum Gasteiger partial charge on any atom is -0.477 e. The third-order valence-corrected chi connectivity index (χ3v) is 4.23. The van der Waals surface area contributed by atoms with E-state index in [-0.39, 0.29) is 4.88 Å². The number of benzene rings is 2. The van der Waals surface area contributed by atoms with E-state index in [2.05, 4.69) is 4.98 Å². The second-order valence-electron chi connectivity index (χ2n) is 4.74. The molecule has 104 valence electrons. The summed E-state index contributed by atoms with van der Waals surface area (Å²) in [5.41, 5.74) is 3.43. The fourth-order valence-electron chi connectivity index (χ4n) is 2.16. The molecule has 1 heterocycles. The molecule has 1 aromatic heterocycles. The molecule has 1 N–H and O–H groups in total. The minimum atomic E-state index is -0.940. The standard InChI is InChI=1S/C17H13NO2S/c1-11-6-5-9-13(10-11)16-18-14(15(21-16)17(19)20)12-7-3-2-4-8-12/h2-10H,1H3,(H,19,20). The Labute approximate surface area is 126 Å². The number of hydrogen-bond donors (Lipinski definition) is 1. The van der Waals surface area contributed by atoms with Crippen LogP contribution in [0.5, 0.6) is 0 Å². The summed E-state index contributed by atoms with van der Waals surface area (Å²) in [5.74, 6) is -0.940. The molecule has 0 unspecified atom stereocenters. The van der Waals surface area contributed by atoms with Crippen LogP contribution in [0.15, 0.2) is 54.6 Å². The van der Waals surface area contributed by atoms with Gasteiger partial charge >= 0.3 is 5.97 Å². The highest BCUT2D eigenvalue weighted by Gasteiger charge is 2.19. The fraction of sp³-hybridized carbons (Fsp3) is 0.0588. The number of nitrogens with zero attached hydrogens (tertiary/aromatic N) is 1. The van der Waals surface area contributed by atoms with Crippen molar-refractivity contribution in [3.8, 4) is 21.8 Å². The van der Waals surface area contributed by atoms with Crippen molar-refractivity contribution in [3.63, 3.8) is 0 Å². The molecular formula is C17H13NO2S. The van der Waals surface area contributed by atoms with E-state index in [0.717, 1.165) is 21.7 Å². The second-order valence-corrected chi connectivity index (χ2v) is 5.74. The summed E-state index contributed by atoms with van der Waals surface area (Å²) >= 11 is 1.21. The van der Waals surface area contributed by atoms with Gasteiger partial charge in [0, 0.05) is 11.1 Å². The van der Waals surface area contributed by atoms with E-state index in [9.17, 15) is 9.90 Å². The van der Waals surface area contributed by atoms with Crippen LogP contribution in [0.4, 0.5) is 0 Å². The Morgan fingerprint density at radius 3 is 2.43 bits per heavy atom. The van der Waals surface area contributed by atoms with Gasteiger partial charge in [0.25, 0.3) is 0 Å². The van der Waals surface area contributed by atoms with Crippen LogP contribution in [0.25, 0.3) is 21.8 Å². The molecule has 3 nitrogen and oxygen atoms in total. The summed E-state index contributed by atoms with van der Waals surface area (Å²) in [5, 5.41) is 10.1. The predicted molar refractivity (Wildman–Crippen MR) is 84.7 cm³/mol. The van der Waals surface area contributed by atoms with E-state index in [1.165, 1.54) is 11.3 Å². The lowest BCUT2D eigenvalue weighted by Gasteiger charge is -1.98. The number of carbonyl (C=O) groups is 1. The quantitative estimate of drug-likeness (QED) is 0.775. The molecule has 3 aromatic rings. The van der Waals surface area contributed by atoms with Gasteiger partial charge in [-0.1, -0.05) is 54.1 Å². The van der Waals surface area contributed by atoms with Gasteiger partial charge in [-0.05, 0) is 13.0 Å². The largest absolute Gasteiger partial charge is 0.477 e. The molecule has 0 saturated carbocycles. The van der Waals surface area contributed by atoms with Crippen LogP contribution in [-0.4, -0.2) is 16.1 Å². The third kappa shape index (κ3) is 2.71. The number of aryl methyl sites for hydroxylation is 1. The highest BCUT2D eigenvalue weighted by molar-refractivity contribution is 7.17. The zero-order valence-corrected chi connectivity index (χ0v) is 12.2. The number of carboxylic acid groups (broad SMARTS) is 1. The van der Waals surface area contributed by atoms with Crippen LogP contribution in [0.3, 0.4) is 0 Å². The van der Waals surface area contributed by atoms with Gasteiger partial charge < -0.3 is 5.11 Å². The van der Waals surface area contributed by atoms with Crippen LogP contribution in [0.1, 0.15) is 15.2 Å². The number of hydrogen-bond acceptors (Lipinski definition) is 3. The first-order valence-corrected chi connectivity index (χ1v) is 7.33. The maximum absolute atomic E-state index is 11.5. The Balaban J connectivity index is 2.15. The van der Waals surface area contributed by atoms with Crippen molar-refractivity contribution >= 4 is 17.3 Å². The van der Waals surface area contributed by atoms with Crippen LogP contribution >= 0.6 is 11.3 Å². The third-order valence-electron chi connectivity index (χ3n) is 3.13. The molecule has 21 heavy (non-hydrogen) atoms. The Morgan fingerprint density at radius 2 is 1.76 bits per heavy atom. The SMILES string of the molecule is Cc1cccc(-c2nc(-c3ccccc3)c(C(=O)O)s2)c1. The highest BCUT2D eigenvalue weighted by atomic mass is 32.1. The summed E-state index contributed by atoms with van der Waals surface area (Å²) < 4.78 is 0. The molecule has 0 saturated heterocycles. The Morgan fingerprint density at radius 1 is 1.05 bits per heavy atom. The lowest BCUT2D eigenvalue weighted by atomic mass is 10.1. The monoisotopic (exact) mass is 295 g/mol. The first-order chi connectivity index (χ1) is 10.1. The van der Waals surface area contributed by atoms with Gasteiger partial charge in [-0.25, -0.2) is 9.78 Å². The first kappa shape index (κ1) is 13.5. The molecule has 0 aliphatic heterocycles. The summed E-state index contributed by atoms with van der Waals surface area (Å²) in [6.45, 7) is 2.01. The fourth-order valence-corrected chi connectivity index (χ4v) is 3.08. The zero-order chi connectivity index (χ0) is 14.8. The van der Waals surface area contributed by atoms with Gasteiger partial charge in [0.15, 0.2) is 0 Å². The smallest absolute Gasteiger partial charge is 0.348 e. The van der Waals surface area contributed by atoms with Crippen molar-refractivity contribution in [3.05, 3.63) is 65.0 Å². The van der Waals surface area contributed by atoms with E-state index in [4.69, 9.17) is 0 Å². The maximum atomic E-state index is 11.5. The van der Waals surface area contributed by atoms with Crippen molar-refractivity contribution in [2.24, 2.45) is 0 Å². The van der Waals surface area contributed by atoms with Gasteiger partial charge in [-0.2, -0.15) is 0 Å². The molecule has 3 rings (SSSR count). The first-order valence-electron chi connectivity index (χ1n) is 6.52. The molecule has 0 spiro atoms. The van der Waals surface area contributed by atoms with Crippen molar-refractivity contribution in [1.29, 1.82) is 0 Å². The van der Waals surface area contributed by atoms with Crippen LogP contribution in [0.2, 0.25) is 0 Å². The normalized spacial score (nSPS) is 10.5. The van der Waals surface area contributed by atoms with E-state index >= 15 is 0 Å². The molecule has 0 aliphatic rings. The molecule has 0 radical (unpaired) electrons. The Hall–Kier alpha value is -2.46. The summed E-state index contributed by atoms with van der Waals surface area (Å²) in [6.07, 6.45) is 0. The van der Waals surface area contributed by atoms with E-state index in [1.54, 1.807) is 0 Å². The number of aromatic carboxylic acids is 1. The van der Waals surface area contributed by atoms with Crippen LogP contribution in [-0.2, 0) is 0 Å². The lowest BCUT2D eigenvalue weighted by Crippen LogP contribution is -1.95. The van der Waals surface area contributed by atoms with Gasteiger partial charge in [-0.3, -0.25) is 0 Å². The number of aromatic nitrogens is 1. The van der Waals surface area contributed by atoms with Gasteiger partial charge in [0.2, 0.25) is 0 Å². The van der Waals surface area contributed by atoms with Crippen molar-refractivity contribution < 1.29 is 9.90 Å². The predicted octanol–water partition coefficient (Wildman–Crippen LogP) is 4.48. The summed E-state index contributed by atoms with van der Waals surface area (Å²) in [4.78, 5) is 16.3. The Kier molecular flexibility index (Phi) is 3.54. The van der Waals surface area contributed by atoms with Gasteiger partial charge in [0.1, 0.15) is 9.88 Å². The van der Waals surface area contributed by atoms with Gasteiger partial charge in [-0.15, -0.1) is 11.3 Å². The molecule has 4 heteroatoms. The topological polar surface area (TPSA) is 50.2 Å².